The molecule has 0 spiro atoms. The summed E-state index contributed by atoms with van der Waals surface area (Å²) in [4.78, 5) is 4.26. The number of nitrogens with two attached hydrogens (primary N) is 1. The first-order chi connectivity index (χ1) is 7.58. The van der Waals surface area contributed by atoms with E-state index < -0.39 is 0 Å². The van der Waals surface area contributed by atoms with Crippen molar-refractivity contribution in [2.24, 2.45) is 5.73 Å². The molecule has 1 aromatic heterocycles. The fraction of sp³-hybridized carbons (Fsp3) is 0. The Morgan fingerprint density at radius 1 is 1.44 bits per heavy atom. The van der Waals surface area contributed by atoms with Crippen LogP contribution in [0.25, 0.3) is 10.2 Å². The van der Waals surface area contributed by atoms with E-state index in [0.29, 0.717) is 20.7 Å². The number of nitrogens with zero attached hydrogens (tertiary/aromatic N) is 1. The number of fused-ring (bicyclic) bond motifs is 1. The van der Waals surface area contributed by atoms with E-state index in [2.05, 4.69) is 28.1 Å². The fourth-order valence-corrected chi connectivity index (χ4v) is 2.40. The molecule has 1 aromatic carbocycles. The molecular weight excluding hydrogens is 287 g/mol. The highest BCUT2D eigenvalue weighted by Crippen LogP contribution is 2.34. The van der Waals surface area contributed by atoms with E-state index in [-0.39, 0.29) is 5.11 Å². The maximum Gasteiger partial charge on any atom is 0.202 e. The van der Waals surface area contributed by atoms with Crippen LogP contribution in [-0.4, -0.2) is 10.1 Å². The highest BCUT2D eigenvalue weighted by molar-refractivity contribution is 7.80. The first kappa shape index (κ1) is 11.7. The third-order valence-corrected chi connectivity index (χ3v) is 3.58. The number of hydrazine groups is 1. The number of thiocarbonyl (C=S) groups is 1. The van der Waals surface area contributed by atoms with Gasteiger partial charge in [0.05, 0.1) is 14.7 Å². The van der Waals surface area contributed by atoms with Gasteiger partial charge in [-0.25, -0.2) is 4.98 Å². The number of aromatic nitrogens is 1. The van der Waals surface area contributed by atoms with Gasteiger partial charge in [0.1, 0.15) is 5.52 Å². The van der Waals surface area contributed by atoms with Gasteiger partial charge in [-0.2, -0.15) is 0 Å². The molecule has 2 rings (SSSR count). The number of hydrogen-bond acceptors (Lipinski definition) is 4. The van der Waals surface area contributed by atoms with Gasteiger partial charge >= 0.3 is 0 Å². The minimum absolute atomic E-state index is 0.142. The average molecular weight is 293 g/mol. The zero-order valence-electron chi connectivity index (χ0n) is 7.75. The molecule has 0 unspecified atom stereocenters. The zero-order chi connectivity index (χ0) is 11.7. The molecule has 0 aliphatic rings. The normalized spacial score (nSPS) is 10.4. The van der Waals surface area contributed by atoms with E-state index in [9.17, 15) is 0 Å². The molecule has 16 heavy (non-hydrogen) atoms. The maximum absolute atomic E-state index is 6.02. The summed E-state index contributed by atoms with van der Waals surface area (Å²) >= 11 is 18.0. The van der Waals surface area contributed by atoms with Crippen LogP contribution in [0.4, 0.5) is 5.13 Å². The molecular formula is C8H6Cl2N4S2. The summed E-state index contributed by atoms with van der Waals surface area (Å²) in [5.74, 6) is 0. The van der Waals surface area contributed by atoms with E-state index in [4.69, 9.17) is 28.9 Å². The molecule has 0 saturated heterocycles. The number of nitrogens with one attached hydrogen (secondary N) is 2. The van der Waals surface area contributed by atoms with Crippen LogP contribution in [0.15, 0.2) is 12.1 Å². The van der Waals surface area contributed by atoms with Crippen molar-refractivity contribution in [2.45, 2.75) is 0 Å². The SMILES string of the molecule is NC(=S)NNc1nc2c(Cl)c(Cl)ccc2s1. The summed E-state index contributed by atoms with van der Waals surface area (Å²) in [5, 5.41) is 1.68. The molecule has 1 heterocycles. The van der Waals surface area contributed by atoms with Crippen molar-refractivity contribution < 1.29 is 0 Å². The van der Waals surface area contributed by atoms with Gasteiger partial charge in [-0.1, -0.05) is 34.5 Å². The topological polar surface area (TPSA) is 63.0 Å². The van der Waals surface area contributed by atoms with Crippen LogP contribution in [-0.2, 0) is 0 Å². The second-order valence-corrected chi connectivity index (χ2v) is 5.10. The molecule has 0 saturated carbocycles. The smallest absolute Gasteiger partial charge is 0.202 e. The molecule has 0 fully saturated rings. The number of rotatable bonds is 2. The maximum atomic E-state index is 6.02. The Morgan fingerprint density at radius 3 is 2.88 bits per heavy atom. The Labute approximate surface area is 111 Å². The van der Waals surface area contributed by atoms with Crippen molar-refractivity contribution >= 4 is 67.2 Å². The Balaban J connectivity index is 2.36. The number of benzene rings is 1. The molecule has 8 heteroatoms. The molecule has 84 valence electrons. The van der Waals surface area contributed by atoms with Gasteiger partial charge in [-0.3, -0.25) is 10.9 Å². The monoisotopic (exact) mass is 292 g/mol. The molecule has 0 atom stereocenters. The van der Waals surface area contributed by atoms with Crippen molar-refractivity contribution in [1.29, 1.82) is 0 Å². The average Bonchev–Trinajstić information content (AvgIpc) is 2.64. The van der Waals surface area contributed by atoms with Crippen molar-refractivity contribution in [3.8, 4) is 0 Å². The molecule has 0 aliphatic heterocycles. The van der Waals surface area contributed by atoms with Crippen LogP contribution in [0.3, 0.4) is 0 Å². The summed E-state index contributed by atoms with van der Waals surface area (Å²) in [7, 11) is 0. The van der Waals surface area contributed by atoms with E-state index in [1.54, 1.807) is 6.07 Å². The lowest BCUT2D eigenvalue weighted by Crippen LogP contribution is -2.33. The largest absolute Gasteiger partial charge is 0.375 e. The zero-order valence-corrected chi connectivity index (χ0v) is 10.9. The minimum atomic E-state index is 0.142. The van der Waals surface area contributed by atoms with E-state index in [1.165, 1.54) is 11.3 Å². The van der Waals surface area contributed by atoms with Crippen molar-refractivity contribution in [3.05, 3.63) is 22.2 Å². The number of halogens is 2. The molecule has 0 aliphatic carbocycles. The van der Waals surface area contributed by atoms with Crippen LogP contribution in [0.2, 0.25) is 10.0 Å². The van der Waals surface area contributed by atoms with Gasteiger partial charge in [0.15, 0.2) is 5.11 Å². The predicted octanol–water partition coefficient (Wildman–Crippen LogP) is 2.76. The Kier molecular flexibility index (Phi) is 3.34. The lowest BCUT2D eigenvalue weighted by Gasteiger charge is -2.01. The summed E-state index contributed by atoms with van der Waals surface area (Å²) in [6.07, 6.45) is 0. The highest BCUT2D eigenvalue weighted by atomic mass is 35.5. The van der Waals surface area contributed by atoms with Crippen LogP contribution in [0.5, 0.6) is 0 Å². The number of anilines is 1. The van der Waals surface area contributed by atoms with Gasteiger partial charge in [-0.05, 0) is 24.4 Å². The standard InChI is InChI=1S/C8H6Cl2N4S2/c9-3-1-2-4-6(5(3)10)12-8(16-4)14-13-7(11)15/h1-2H,(H,12,14)(H3,11,13,15). The lowest BCUT2D eigenvalue weighted by atomic mass is 10.3. The third-order valence-electron chi connectivity index (χ3n) is 1.74. The van der Waals surface area contributed by atoms with Gasteiger partial charge in [0, 0.05) is 0 Å². The van der Waals surface area contributed by atoms with E-state index >= 15 is 0 Å². The van der Waals surface area contributed by atoms with Crippen molar-refractivity contribution in [2.75, 3.05) is 5.43 Å². The third kappa shape index (κ3) is 2.30. The molecule has 4 N–H and O–H groups in total. The Bertz CT molecular complexity index is 554. The van der Waals surface area contributed by atoms with Crippen molar-refractivity contribution in [1.82, 2.24) is 10.4 Å². The van der Waals surface area contributed by atoms with Crippen LogP contribution in [0.1, 0.15) is 0 Å². The van der Waals surface area contributed by atoms with Gasteiger partial charge in [0.25, 0.3) is 0 Å². The highest BCUT2D eigenvalue weighted by Gasteiger charge is 2.09. The first-order valence-corrected chi connectivity index (χ1v) is 6.12. The molecule has 0 amide bonds. The quantitative estimate of drug-likeness (QED) is 0.587. The summed E-state index contributed by atoms with van der Waals surface area (Å²) in [6.45, 7) is 0. The molecule has 0 bridgehead atoms. The van der Waals surface area contributed by atoms with Crippen LogP contribution < -0.4 is 16.6 Å². The second kappa shape index (κ2) is 4.58. The molecule has 2 aromatic rings. The van der Waals surface area contributed by atoms with Gasteiger partial charge in [0.2, 0.25) is 5.13 Å². The molecule has 0 radical (unpaired) electrons. The first-order valence-electron chi connectivity index (χ1n) is 4.14. The Hall–Kier alpha value is -0.820. The van der Waals surface area contributed by atoms with Crippen LogP contribution in [0, 0.1) is 0 Å². The summed E-state index contributed by atoms with van der Waals surface area (Å²) < 4.78 is 0.932. The minimum Gasteiger partial charge on any atom is -0.375 e. The lowest BCUT2D eigenvalue weighted by molar-refractivity contribution is 1.12. The van der Waals surface area contributed by atoms with Gasteiger partial charge in [-0.15, -0.1) is 0 Å². The van der Waals surface area contributed by atoms with Gasteiger partial charge < -0.3 is 5.73 Å². The van der Waals surface area contributed by atoms with Crippen molar-refractivity contribution in [3.63, 3.8) is 0 Å². The summed E-state index contributed by atoms with van der Waals surface area (Å²) in [5.41, 5.74) is 11.3. The fourth-order valence-electron chi connectivity index (χ4n) is 1.11. The van der Waals surface area contributed by atoms with E-state index in [1.807, 2.05) is 6.07 Å². The van der Waals surface area contributed by atoms with Crippen LogP contribution >= 0.6 is 46.8 Å². The second-order valence-electron chi connectivity index (χ2n) is 2.84. The Morgan fingerprint density at radius 2 is 2.19 bits per heavy atom. The predicted molar refractivity (Wildman–Crippen MR) is 73.2 cm³/mol. The molecule has 4 nitrogen and oxygen atoms in total. The number of hydrogen-bond donors (Lipinski definition) is 3. The number of thiazole rings is 1. The van der Waals surface area contributed by atoms with E-state index in [0.717, 1.165) is 4.70 Å². The summed E-state index contributed by atoms with van der Waals surface area (Å²) in [6, 6.07) is 3.59.